The lowest BCUT2D eigenvalue weighted by Gasteiger charge is -2.36. The molecule has 1 aromatic carbocycles. The number of rotatable bonds is 4. The van der Waals surface area contributed by atoms with Crippen molar-refractivity contribution in [2.75, 3.05) is 0 Å². The van der Waals surface area contributed by atoms with E-state index in [9.17, 15) is 4.39 Å². The van der Waals surface area contributed by atoms with Crippen LogP contribution in [0.5, 0.6) is 0 Å². The van der Waals surface area contributed by atoms with Crippen molar-refractivity contribution in [1.29, 1.82) is 0 Å². The molecule has 1 fully saturated rings. The Hall–Kier alpha value is -1.75. The van der Waals surface area contributed by atoms with Gasteiger partial charge in [0, 0.05) is 13.1 Å². The Bertz CT molecular complexity index is 560. The molecular formula is C14H17FN4. The molecule has 1 heterocycles. The Morgan fingerprint density at radius 2 is 2.16 bits per heavy atom. The van der Waals surface area contributed by atoms with E-state index in [0.717, 1.165) is 24.2 Å². The number of benzene rings is 1. The van der Waals surface area contributed by atoms with Crippen LogP contribution < -0.4 is 5.32 Å². The second kappa shape index (κ2) is 5.09. The predicted octanol–water partition coefficient (Wildman–Crippen LogP) is 1.99. The molecule has 1 aliphatic rings. The van der Waals surface area contributed by atoms with Gasteiger partial charge < -0.3 is 5.32 Å². The van der Waals surface area contributed by atoms with Gasteiger partial charge in [-0.3, -0.25) is 4.68 Å². The predicted molar refractivity (Wildman–Crippen MR) is 70.0 cm³/mol. The van der Waals surface area contributed by atoms with Crippen LogP contribution in [0.15, 0.2) is 30.6 Å². The minimum absolute atomic E-state index is 0.0858. The minimum Gasteiger partial charge on any atom is -0.307 e. The van der Waals surface area contributed by atoms with Gasteiger partial charge in [-0.05, 0) is 30.4 Å². The number of hydrogen-bond acceptors (Lipinski definition) is 3. The van der Waals surface area contributed by atoms with Gasteiger partial charge >= 0.3 is 0 Å². The molecule has 0 unspecified atom stereocenters. The first-order valence-electron chi connectivity index (χ1n) is 6.54. The van der Waals surface area contributed by atoms with E-state index in [1.54, 1.807) is 17.1 Å². The maximum absolute atomic E-state index is 13.6. The third-order valence-corrected chi connectivity index (χ3v) is 3.68. The van der Waals surface area contributed by atoms with Crippen LogP contribution in [0.3, 0.4) is 0 Å². The maximum Gasteiger partial charge on any atom is 0.164 e. The molecule has 2 aromatic rings. The van der Waals surface area contributed by atoms with Crippen molar-refractivity contribution in [1.82, 2.24) is 20.1 Å². The van der Waals surface area contributed by atoms with Crippen LogP contribution in [-0.4, -0.2) is 20.8 Å². The van der Waals surface area contributed by atoms with Gasteiger partial charge in [0.2, 0.25) is 0 Å². The molecule has 3 rings (SSSR count). The highest BCUT2D eigenvalue weighted by Crippen LogP contribution is 2.37. The fraction of sp³-hybridized carbons (Fsp3) is 0.429. The number of aryl methyl sites for hydroxylation is 1. The molecule has 0 saturated heterocycles. The van der Waals surface area contributed by atoms with Crippen LogP contribution in [0.1, 0.15) is 30.1 Å². The highest BCUT2D eigenvalue weighted by Gasteiger charge is 2.31. The van der Waals surface area contributed by atoms with Gasteiger partial charge in [-0.15, -0.1) is 0 Å². The van der Waals surface area contributed by atoms with Gasteiger partial charge in [0.25, 0.3) is 0 Å². The van der Waals surface area contributed by atoms with E-state index in [4.69, 9.17) is 0 Å². The van der Waals surface area contributed by atoms with E-state index in [1.807, 2.05) is 19.2 Å². The van der Waals surface area contributed by atoms with Crippen LogP contribution in [-0.2, 0) is 13.6 Å². The largest absolute Gasteiger partial charge is 0.307 e. The molecule has 0 bridgehead atoms. The lowest BCUT2D eigenvalue weighted by molar-refractivity contribution is 0.282. The van der Waals surface area contributed by atoms with Crippen molar-refractivity contribution < 1.29 is 4.39 Å². The topological polar surface area (TPSA) is 42.7 Å². The Morgan fingerprint density at radius 3 is 2.84 bits per heavy atom. The van der Waals surface area contributed by atoms with E-state index in [2.05, 4.69) is 15.4 Å². The molecule has 0 atom stereocenters. The van der Waals surface area contributed by atoms with Crippen LogP contribution in [0.4, 0.5) is 4.39 Å². The first kappa shape index (κ1) is 12.3. The lowest BCUT2D eigenvalue weighted by Crippen LogP contribution is -2.40. The Balaban J connectivity index is 1.49. The molecule has 0 spiro atoms. The summed E-state index contributed by atoms with van der Waals surface area (Å²) in [5, 5.41) is 7.62. The zero-order chi connectivity index (χ0) is 13.2. The third-order valence-electron chi connectivity index (χ3n) is 3.68. The second-order valence-electron chi connectivity index (χ2n) is 5.10. The van der Waals surface area contributed by atoms with E-state index in [0.29, 0.717) is 18.5 Å². The summed E-state index contributed by atoms with van der Waals surface area (Å²) in [5.74, 6) is 1.06. The molecule has 1 saturated carbocycles. The average molecular weight is 260 g/mol. The van der Waals surface area contributed by atoms with Gasteiger partial charge in [-0.2, -0.15) is 5.10 Å². The quantitative estimate of drug-likeness (QED) is 0.914. The van der Waals surface area contributed by atoms with Crippen LogP contribution in [0.25, 0.3) is 0 Å². The molecule has 0 radical (unpaired) electrons. The highest BCUT2D eigenvalue weighted by atomic mass is 19.1. The molecule has 1 N–H and O–H groups in total. The summed E-state index contributed by atoms with van der Waals surface area (Å²) in [5.41, 5.74) is 0.844. The van der Waals surface area contributed by atoms with Crippen LogP contribution in [0.2, 0.25) is 0 Å². The molecule has 1 aromatic heterocycles. The Kier molecular flexibility index (Phi) is 3.29. The minimum atomic E-state index is -0.0858. The molecule has 19 heavy (non-hydrogen) atoms. The van der Waals surface area contributed by atoms with Crippen molar-refractivity contribution in [2.45, 2.75) is 31.3 Å². The Labute approximate surface area is 111 Å². The first-order chi connectivity index (χ1) is 9.22. The van der Waals surface area contributed by atoms with Gasteiger partial charge in [0.05, 0.1) is 6.54 Å². The van der Waals surface area contributed by atoms with E-state index in [-0.39, 0.29) is 5.82 Å². The maximum atomic E-state index is 13.6. The Morgan fingerprint density at radius 1 is 1.37 bits per heavy atom. The highest BCUT2D eigenvalue weighted by molar-refractivity contribution is 5.24. The standard InChI is InChI=1S/C14H17FN4/c1-19-9-17-14(18-19)8-16-11-6-10(7-11)12-4-2-3-5-13(12)15/h2-5,9-11,16H,6-8H2,1H3. The summed E-state index contributed by atoms with van der Waals surface area (Å²) in [4.78, 5) is 4.17. The van der Waals surface area contributed by atoms with Crippen LogP contribution >= 0.6 is 0 Å². The average Bonchev–Trinajstić information content (AvgIpc) is 2.75. The van der Waals surface area contributed by atoms with E-state index in [1.165, 1.54) is 6.07 Å². The van der Waals surface area contributed by atoms with Crippen molar-refractivity contribution in [3.05, 3.63) is 47.8 Å². The number of nitrogens with zero attached hydrogens (tertiary/aromatic N) is 3. The van der Waals surface area contributed by atoms with Crippen molar-refractivity contribution in [3.63, 3.8) is 0 Å². The fourth-order valence-corrected chi connectivity index (χ4v) is 2.55. The molecule has 1 aliphatic carbocycles. The summed E-state index contributed by atoms with van der Waals surface area (Å²) in [7, 11) is 1.86. The molecular weight excluding hydrogens is 243 g/mol. The second-order valence-corrected chi connectivity index (χ2v) is 5.10. The molecule has 4 nitrogen and oxygen atoms in total. The number of halogens is 1. The molecule has 100 valence electrons. The zero-order valence-corrected chi connectivity index (χ0v) is 10.9. The monoisotopic (exact) mass is 260 g/mol. The SMILES string of the molecule is Cn1cnc(CNC2CC(c3ccccc3F)C2)n1. The summed E-state index contributed by atoms with van der Waals surface area (Å²) in [6.07, 6.45) is 3.65. The third kappa shape index (κ3) is 2.66. The normalized spacial score (nSPS) is 22.2. The smallest absolute Gasteiger partial charge is 0.164 e. The van der Waals surface area contributed by atoms with Crippen molar-refractivity contribution in [3.8, 4) is 0 Å². The van der Waals surface area contributed by atoms with Crippen molar-refractivity contribution >= 4 is 0 Å². The van der Waals surface area contributed by atoms with Gasteiger partial charge in [0.15, 0.2) is 5.82 Å². The van der Waals surface area contributed by atoms with Gasteiger partial charge in [0.1, 0.15) is 12.1 Å². The summed E-state index contributed by atoms with van der Waals surface area (Å²) >= 11 is 0. The molecule has 0 aliphatic heterocycles. The number of nitrogens with one attached hydrogen (secondary N) is 1. The summed E-state index contributed by atoms with van der Waals surface area (Å²) in [6, 6.07) is 7.50. The number of aromatic nitrogens is 3. The van der Waals surface area contributed by atoms with E-state index >= 15 is 0 Å². The van der Waals surface area contributed by atoms with Gasteiger partial charge in [-0.25, -0.2) is 9.37 Å². The van der Waals surface area contributed by atoms with Crippen molar-refractivity contribution in [2.24, 2.45) is 7.05 Å². The molecule has 5 heteroatoms. The zero-order valence-electron chi connectivity index (χ0n) is 10.9. The first-order valence-corrected chi connectivity index (χ1v) is 6.54. The summed E-state index contributed by atoms with van der Waals surface area (Å²) in [6.45, 7) is 0.676. The number of hydrogen-bond donors (Lipinski definition) is 1. The molecule has 0 amide bonds. The fourth-order valence-electron chi connectivity index (χ4n) is 2.55. The summed E-state index contributed by atoms with van der Waals surface area (Å²) < 4.78 is 15.3. The van der Waals surface area contributed by atoms with Gasteiger partial charge in [-0.1, -0.05) is 18.2 Å². The lowest BCUT2D eigenvalue weighted by atomic mass is 9.75. The van der Waals surface area contributed by atoms with E-state index < -0.39 is 0 Å². The van der Waals surface area contributed by atoms with Crippen LogP contribution in [0, 0.1) is 5.82 Å².